The lowest BCUT2D eigenvalue weighted by Crippen LogP contribution is -2.43. The predicted molar refractivity (Wildman–Crippen MR) is 71.9 cm³/mol. The first-order chi connectivity index (χ1) is 10.5. The average Bonchev–Trinajstić information content (AvgIpc) is 2.98. The zero-order valence-electron chi connectivity index (χ0n) is 11.8. The largest absolute Gasteiger partial charge is 0.480 e. The summed E-state index contributed by atoms with van der Waals surface area (Å²) in [5, 5.41) is 11.4. The van der Waals surface area contributed by atoms with Gasteiger partial charge in [-0.25, -0.2) is 4.79 Å². The van der Waals surface area contributed by atoms with E-state index in [0.717, 1.165) is 0 Å². The number of rotatable bonds is 9. The number of carbonyl (C=O) groups excluding carboxylic acids is 2. The Labute approximate surface area is 125 Å². The van der Waals surface area contributed by atoms with Crippen molar-refractivity contribution in [2.45, 2.75) is 25.0 Å². The highest BCUT2D eigenvalue weighted by molar-refractivity contribution is 6.25. The van der Waals surface area contributed by atoms with Crippen LogP contribution in [-0.2, 0) is 19.1 Å². The molecule has 0 aliphatic heterocycles. The van der Waals surface area contributed by atoms with E-state index in [4.69, 9.17) is 19.8 Å². The molecule has 9 nitrogen and oxygen atoms in total. The molecule has 0 saturated carbocycles. The number of amides is 1. The number of ketones is 1. The van der Waals surface area contributed by atoms with Crippen LogP contribution >= 0.6 is 0 Å². The van der Waals surface area contributed by atoms with Gasteiger partial charge in [-0.1, -0.05) is 0 Å². The Kier molecular flexibility index (Phi) is 6.68. The van der Waals surface area contributed by atoms with Crippen molar-refractivity contribution >= 4 is 23.9 Å². The maximum atomic E-state index is 12.1. The first kappa shape index (κ1) is 17.3. The highest BCUT2D eigenvalue weighted by Gasteiger charge is 2.27. The Hall–Kier alpha value is -2.77. The number of nitrogens with one attached hydrogen (secondary N) is 1. The van der Waals surface area contributed by atoms with Gasteiger partial charge in [-0.05, 0) is 12.5 Å². The number of hydrogen-bond acceptors (Lipinski definition) is 5. The number of carboxylic acid groups (broad SMARTS) is 1. The predicted octanol–water partition coefficient (Wildman–Crippen LogP) is 0.186. The number of furan rings is 1. The van der Waals surface area contributed by atoms with Crippen molar-refractivity contribution in [1.82, 2.24) is 5.32 Å². The molecule has 118 valence electrons. The lowest BCUT2D eigenvalue weighted by molar-refractivity contribution is -0.144. The molecule has 22 heavy (non-hydrogen) atoms. The maximum absolute atomic E-state index is 12.1. The van der Waals surface area contributed by atoms with Crippen LogP contribution < -0.4 is 5.32 Å². The van der Waals surface area contributed by atoms with Gasteiger partial charge in [-0.15, -0.1) is 0 Å². The molecule has 2 N–H and O–H groups in total. The monoisotopic (exact) mass is 309 g/mol. The van der Waals surface area contributed by atoms with Crippen molar-refractivity contribution in [2.24, 2.45) is 0 Å². The highest BCUT2D eigenvalue weighted by atomic mass is 16.5. The lowest BCUT2D eigenvalue weighted by atomic mass is 10.1. The molecule has 0 aromatic carbocycles. The number of Topliss-reactive ketones (excluding diaryl/α,β-unsaturated/α-hetero) is 1. The first-order valence-electron chi connectivity index (χ1n) is 6.28. The van der Waals surface area contributed by atoms with Gasteiger partial charge in [0.15, 0.2) is 6.10 Å². The van der Waals surface area contributed by atoms with Gasteiger partial charge < -0.3 is 25.1 Å². The molecular formula is C13H15N3O6. The van der Waals surface area contributed by atoms with Crippen LogP contribution in [-0.4, -0.2) is 46.9 Å². The number of carbonyl (C=O) groups is 3. The van der Waals surface area contributed by atoms with Crippen LogP contribution in [0.3, 0.4) is 0 Å². The summed E-state index contributed by atoms with van der Waals surface area (Å²) in [4.78, 5) is 36.9. The molecule has 0 saturated heterocycles. The van der Waals surface area contributed by atoms with Gasteiger partial charge >= 0.3 is 12.2 Å². The summed E-state index contributed by atoms with van der Waals surface area (Å²) in [5.74, 6) is -2.51. The van der Waals surface area contributed by atoms with E-state index in [1.54, 1.807) is 0 Å². The molecule has 0 radical (unpaired) electrons. The zero-order valence-corrected chi connectivity index (χ0v) is 11.8. The van der Waals surface area contributed by atoms with Crippen LogP contribution in [0.1, 0.15) is 24.5 Å². The first-order valence-corrected chi connectivity index (χ1v) is 6.28. The third kappa shape index (κ3) is 4.97. The van der Waals surface area contributed by atoms with Crippen LogP contribution in [0.15, 0.2) is 23.0 Å². The number of carboxylic acids is 1. The Morgan fingerprint density at radius 2 is 2.27 bits per heavy atom. The summed E-state index contributed by atoms with van der Waals surface area (Å²) in [6.07, 6.45) is 1.99. The van der Waals surface area contributed by atoms with Gasteiger partial charge in [0.25, 0.3) is 5.91 Å². The zero-order chi connectivity index (χ0) is 16.5. The number of aliphatic carboxylic acids is 1. The molecule has 2 atom stereocenters. The Morgan fingerprint density at radius 1 is 1.55 bits per heavy atom. The molecule has 9 heteroatoms. The molecule has 1 aromatic heterocycles. The summed E-state index contributed by atoms with van der Waals surface area (Å²) in [6.45, 7) is 0. The topological polar surface area (TPSA) is 142 Å². The van der Waals surface area contributed by atoms with Crippen LogP contribution in [0, 0.1) is 0 Å². The summed E-state index contributed by atoms with van der Waals surface area (Å²) >= 11 is 0. The number of methoxy groups -OCH3 is 1. The van der Waals surface area contributed by atoms with E-state index in [-0.39, 0.29) is 12.8 Å². The van der Waals surface area contributed by atoms with Crippen LogP contribution in [0.2, 0.25) is 0 Å². The molecule has 0 aliphatic carbocycles. The van der Waals surface area contributed by atoms with Crippen molar-refractivity contribution in [3.05, 3.63) is 29.7 Å². The molecular weight excluding hydrogens is 294 g/mol. The third-order valence-electron chi connectivity index (χ3n) is 2.82. The van der Waals surface area contributed by atoms with Crippen molar-refractivity contribution in [3.63, 3.8) is 0 Å². The lowest BCUT2D eigenvalue weighted by Gasteiger charge is -2.18. The van der Waals surface area contributed by atoms with Gasteiger partial charge in [-0.2, -0.15) is 4.79 Å². The number of nitrogens with zero attached hydrogens (tertiary/aromatic N) is 2. The molecule has 0 spiro atoms. The minimum Gasteiger partial charge on any atom is -0.480 e. The molecule has 0 aliphatic rings. The van der Waals surface area contributed by atoms with E-state index in [0.29, 0.717) is 11.8 Å². The summed E-state index contributed by atoms with van der Waals surface area (Å²) < 4.78 is 9.86. The number of hydrogen-bond donors (Lipinski definition) is 2. The quantitative estimate of drug-likeness (QED) is 0.378. The van der Waals surface area contributed by atoms with E-state index in [2.05, 4.69) is 10.1 Å². The maximum Gasteiger partial charge on any atom is 0.326 e. The van der Waals surface area contributed by atoms with Crippen LogP contribution in [0.5, 0.6) is 0 Å². The van der Waals surface area contributed by atoms with E-state index in [1.165, 1.54) is 25.7 Å². The van der Waals surface area contributed by atoms with Gasteiger partial charge in [0.05, 0.1) is 12.5 Å². The molecule has 1 amide bonds. The standard InChI is InChI=1S/C13H15N3O6/c1-21-11(8-4-5-22-7-8)12(18)16-10(13(19)20)3-2-9(17)6-15-14/h4-7,10-11H,2-3H2,1H3,(H,16,18)(H,19,20)/t10-,11-/m0/s1. The molecule has 0 unspecified atom stereocenters. The molecule has 1 heterocycles. The van der Waals surface area contributed by atoms with Gasteiger partial charge in [0.1, 0.15) is 6.04 Å². The van der Waals surface area contributed by atoms with E-state index < -0.39 is 29.8 Å². The third-order valence-corrected chi connectivity index (χ3v) is 2.82. The fourth-order valence-electron chi connectivity index (χ4n) is 1.74. The van der Waals surface area contributed by atoms with E-state index in [1.807, 2.05) is 0 Å². The molecule has 0 fully saturated rings. The fourth-order valence-corrected chi connectivity index (χ4v) is 1.74. The molecule has 0 bridgehead atoms. The molecule has 1 aromatic rings. The SMILES string of the molecule is CO[C@H](C(=O)N[C@@H](CCC(=O)C=[N+]=[N-])C(=O)O)c1ccoc1. The smallest absolute Gasteiger partial charge is 0.326 e. The van der Waals surface area contributed by atoms with Crippen molar-refractivity contribution in [2.75, 3.05) is 7.11 Å². The normalized spacial score (nSPS) is 12.8. The van der Waals surface area contributed by atoms with Gasteiger partial charge in [0.2, 0.25) is 5.78 Å². The minimum atomic E-state index is -1.29. The van der Waals surface area contributed by atoms with Crippen LogP contribution in [0.25, 0.3) is 5.53 Å². The molecule has 1 rings (SSSR count). The second-order valence-electron chi connectivity index (χ2n) is 4.32. The Bertz CT molecular complexity index is 577. The van der Waals surface area contributed by atoms with Crippen molar-refractivity contribution in [3.8, 4) is 0 Å². The van der Waals surface area contributed by atoms with Crippen molar-refractivity contribution < 1.29 is 33.4 Å². The van der Waals surface area contributed by atoms with E-state index in [9.17, 15) is 14.4 Å². The Balaban J connectivity index is 2.69. The van der Waals surface area contributed by atoms with E-state index >= 15 is 0 Å². The summed E-state index contributed by atoms with van der Waals surface area (Å²) in [5.41, 5.74) is 8.64. The van der Waals surface area contributed by atoms with Crippen LogP contribution in [0.4, 0.5) is 0 Å². The Morgan fingerprint density at radius 3 is 2.77 bits per heavy atom. The second kappa shape index (κ2) is 8.50. The summed E-state index contributed by atoms with van der Waals surface area (Å²) in [7, 11) is 1.30. The fraction of sp³-hybridized carbons (Fsp3) is 0.385. The minimum absolute atomic E-state index is 0.145. The van der Waals surface area contributed by atoms with Gasteiger partial charge in [-0.3, -0.25) is 9.59 Å². The average molecular weight is 309 g/mol. The van der Waals surface area contributed by atoms with Gasteiger partial charge in [0, 0.05) is 19.1 Å². The number of ether oxygens (including phenoxy) is 1. The summed E-state index contributed by atoms with van der Waals surface area (Å²) in [6, 6.07) is 0.248. The highest BCUT2D eigenvalue weighted by Crippen LogP contribution is 2.17. The second-order valence-corrected chi connectivity index (χ2v) is 4.32. The van der Waals surface area contributed by atoms with Crippen molar-refractivity contribution in [1.29, 1.82) is 0 Å².